The van der Waals surface area contributed by atoms with Gasteiger partial charge in [-0.15, -0.1) is 0 Å². The van der Waals surface area contributed by atoms with Crippen LogP contribution in [-0.4, -0.2) is 19.5 Å². The molecule has 2 rings (SSSR count). The number of nitrogens with one attached hydrogen (secondary N) is 1. The van der Waals surface area contributed by atoms with Crippen LogP contribution >= 0.6 is 0 Å². The Labute approximate surface area is 122 Å². The molecule has 21 heavy (non-hydrogen) atoms. The summed E-state index contributed by atoms with van der Waals surface area (Å²) in [6.45, 7) is 0.103. The number of likely N-dealkylation sites (N-methyl/N-ethyl adjacent to an activating group) is 1. The molecule has 2 aromatic rings. The Morgan fingerprint density at radius 1 is 1.29 bits per heavy atom. The number of hydrogen-bond donors (Lipinski definition) is 1. The van der Waals surface area contributed by atoms with Crippen molar-refractivity contribution >= 4 is 17.3 Å². The molecule has 5 heteroatoms. The highest BCUT2D eigenvalue weighted by molar-refractivity contribution is 5.94. The average Bonchev–Trinajstić information content (AvgIpc) is 2.47. The Balaban J connectivity index is 2.00. The van der Waals surface area contributed by atoms with Crippen LogP contribution in [0, 0.1) is 17.1 Å². The van der Waals surface area contributed by atoms with Crippen LogP contribution in [0.2, 0.25) is 0 Å². The molecule has 0 saturated heterocycles. The predicted molar refractivity (Wildman–Crippen MR) is 79.5 cm³/mol. The lowest BCUT2D eigenvalue weighted by Crippen LogP contribution is -2.30. The summed E-state index contributed by atoms with van der Waals surface area (Å²) in [5, 5.41) is 11.5. The number of carbonyl (C=O) groups excluding carboxylic acids is 1. The van der Waals surface area contributed by atoms with Crippen molar-refractivity contribution in [3.8, 4) is 6.07 Å². The first kappa shape index (κ1) is 14.5. The van der Waals surface area contributed by atoms with Crippen molar-refractivity contribution in [3.63, 3.8) is 0 Å². The van der Waals surface area contributed by atoms with Crippen molar-refractivity contribution in [3.05, 3.63) is 59.9 Å². The standard InChI is InChI=1S/C16H14FN3O/c1-20(15-7-2-4-12(8-15)10-18)11-16(21)19-14-6-3-5-13(17)9-14/h2-9H,11H2,1H3,(H,19,21). The van der Waals surface area contributed by atoms with Crippen LogP contribution in [0.5, 0.6) is 0 Å². The molecule has 4 nitrogen and oxygen atoms in total. The lowest BCUT2D eigenvalue weighted by Gasteiger charge is -2.19. The summed E-state index contributed by atoms with van der Waals surface area (Å²) in [4.78, 5) is 13.6. The highest BCUT2D eigenvalue weighted by Crippen LogP contribution is 2.14. The van der Waals surface area contributed by atoms with Gasteiger partial charge >= 0.3 is 0 Å². The Bertz CT molecular complexity index is 694. The zero-order valence-electron chi connectivity index (χ0n) is 11.5. The number of amides is 1. The van der Waals surface area contributed by atoms with Gasteiger partial charge in [-0.3, -0.25) is 4.79 Å². The van der Waals surface area contributed by atoms with Gasteiger partial charge in [0, 0.05) is 18.4 Å². The molecule has 0 unspecified atom stereocenters. The molecule has 0 saturated carbocycles. The number of nitrogens with zero attached hydrogens (tertiary/aromatic N) is 2. The van der Waals surface area contributed by atoms with E-state index in [0.717, 1.165) is 5.69 Å². The van der Waals surface area contributed by atoms with E-state index in [2.05, 4.69) is 11.4 Å². The largest absolute Gasteiger partial charge is 0.365 e. The van der Waals surface area contributed by atoms with Crippen LogP contribution in [-0.2, 0) is 4.79 Å². The molecule has 2 aromatic carbocycles. The molecule has 0 atom stereocenters. The van der Waals surface area contributed by atoms with Gasteiger partial charge in [0.2, 0.25) is 5.91 Å². The normalized spacial score (nSPS) is 9.76. The summed E-state index contributed by atoms with van der Waals surface area (Å²) in [5.74, 6) is -0.659. The molecule has 1 amide bonds. The van der Waals surface area contributed by atoms with Gasteiger partial charge in [0.1, 0.15) is 5.82 Å². The van der Waals surface area contributed by atoms with Crippen LogP contribution in [0.1, 0.15) is 5.56 Å². The van der Waals surface area contributed by atoms with Gasteiger partial charge in [-0.2, -0.15) is 5.26 Å². The van der Waals surface area contributed by atoms with Crippen molar-refractivity contribution in [2.45, 2.75) is 0 Å². The lowest BCUT2D eigenvalue weighted by atomic mass is 10.2. The first-order valence-electron chi connectivity index (χ1n) is 6.35. The van der Waals surface area contributed by atoms with E-state index in [0.29, 0.717) is 11.3 Å². The van der Waals surface area contributed by atoms with Crippen molar-refractivity contribution in [2.75, 3.05) is 23.8 Å². The Hall–Kier alpha value is -2.87. The summed E-state index contributed by atoms with van der Waals surface area (Å²) in [5.41, 5.74) is 1.72. The molecule has 106 valence electrons. The highest BCUT2D eigenvalue weighted by atomic mass is 19.1. The second kappa shape index (κ2) is 6.53. The van der Waals surface area contributed by atoms with E-state index >= 15 is 0 Å². The minimum absolute atomic E-state index is 0.103. The number of hydrogen-bond acceptors (Lipinski definition) is 3. The maximum Gasteiger partial charge on any atom is 0.243 e. The topological polar surface area (TPSA) is 56.1 Å². The van der Waals surface area contributed by atoms with E-state index in [9.17, 15) is 9.18 Å². The van der Waals surface area contributed by atoms with E-state index < -0.39 is 5.82 Å². The lowest BCUT2D eigenvalue weighted by molar-refractivity contribution is -0.114. The van der Waals surface area contributed by atoms with Crippen molar-refractivity contribution in [1.29, 1.82) is 5.26 Å². The maximum atomic E-state index is 13.0. The van der Waals surface area contributed by atoms with E-state index in [-0.39, 0.29) is 12.5 Å². The molecule has 0 aliphatic rings. The summed E-state index contributed by atoms with van der Waals surface area (Å²) in [6.07, 6.45) is 0. The fourth-order valence-electron chi connectivity index (χ4n) is 1.89. The first-order chi connectivity index (χ1) is 10.1. The third-order valence-corrected chi connectivity index (χ3v) is 2.91. The van der Waals surface area contributed by atoms with E-state index in [1.54, 1.807) is 36.2 Å². The molecule has 0 bridgehead atoms. The summed E-state index contributed by atoms with van der Waals surface area (Å²) >= 11 is 0. The zero-order valence-corrected chi connectivity index (χ0v) is 11.5. The van der Waals surface area contributed by atoms with Crippen LogP contribution < -0.4 is 10.2 Å². The molecule has 0 aromatic heterocycles. The smallest absolute Gasteiger partial charge is 0.243 e. The summed E-state index contributed by atoms with van der Waals surface area (Å²) in [6, 6.07) is 14.8. The van der Waals surface area contributed by atoms with Crippen LogP contribution in [0.15, 0.2) is 48.5 Å². The molecule has 0 aliphatic carbocycles. The first-order valence-corrected chi connectivity index (χ1v) is 6.35. The van der Waals surface area contributed by atoms with E-state index in [1.165, 1.54) is 18.2 Å². The van der Waals surface area contributed by atoms with Gasteiger partial charge in [0.15, 0.2) is 0 Å². The molecular weight excluding hydrogens is 269 g/mol. The monoisotopic (exact) mass is 283 g/mol. The maximum absolute atomic E-state index is 13.0. The SMILES string of the molecule is CN(CC(=O)Nc1cccc(F)c1)c1cccc(C#N)c1. The Kier molecular flexibility index (Phi) is 4.52. The third-order valence-electron chi connectivity index (χ3n) is 2.91. The van der Waals surface area contributed by atoms with Crippen molar-refractivity contribution in [2.24, 2.45) is 0 Å². The van der Waals surface area contributed by atoms with Gasteiger partial charge < -0.3 is 10.2 Å². The number of anilines is 2. The van der Waals surface area contributed by atoms with Gasteiger partial charge in [0.25, 0.3) is 0 Å². The van der Waals surface area contributed by atoms with Gasteiger partial charge in [-0.25, -0.2) is 4.39 Å². The fraction of sp³-hybridized carbons (Fsp3) is 0.125. The molecule has 1 N–H and O–H groups in total. The molecule has 0 fully saturated rings. The third kappa shape index (κ3) is 4.05. The van der Waals surface area contributed by atoms with Crippen LogP contribution in [0.25, 0.3) is 0 Å². The van der Waals surface area contributed by atoms with Crippen molar-refractivity contribution in [1.82, 2.24) is 0 Å². The second-order valence-electron chi connectivity index (χ2n) is 4.58. The minimum Gasteiger partial charge on any atom is -0.365 e. The predicted octanol–water partition coefficient (Wildman–Crippen LogP) is 2.77. The Morgan fingerprint density at radius 3 is 2.76 bits per heavy atom. The van der Waals surface area contributed by atoms with Crippen LogP contribution in [0.4, 0.5) is 15.8 Å². The molecule has 0 spiro atoms. The summed E-state index contributed by atoms with van der Waals surface area (Å²) < 4.78 is 13.0. The average molecular weight is 283 g/mol. The zero-order chi connectivity index (χ0) is 15.2. The minimum atomic E-state index is -0.400. The molecule has 0 heterocycles. The van der Waals surface area contributed by atoms with E-state index in [4.69, 9.17) is 5.26 Å². The van der Waals surface area contributed by atoms with Crippen LogP contribution in [0.3, 0.4) is 0 Å². The number of nitriles is 1. The summed E-state index contributed by atoms with van der Waals surface area (Å²) in [7, 11) is 1.75. The quantitative estimate of drug-likeness (QED) is 0.938. The number of halogens is 1. The second-order valence-corrected chi connectivity index (χ2v) is 4.58. The van der Waals surface area contributed by atoms with Crippen molar-refractivity contribution < 1.29 is 9.18 Å². The number of rotatable bonds is 4. The van der Waals surface area contributed by atoms with Gasteiger partial charge in [-0.1, -0.05) is 12.1 Å². The number of carbonyl (C=O) groups is 1. The Morgan fingerprint density at radius 2 is 2.05 bits per heavy atom. The van der Waals surface area contributed by atoms with Gasteiger partial charge in [-0.05, 0) is 36.4 Å². The van der Waals surface area contributed by atoms with Gasteiger partial charge in [0.05, 0.1) is 18.2 Å². The van der Waals surface area contributed by atoms with E-state index in [1.807, 2.05) is 6.07 Å². The highest BCUT2D eigenvalue weighted by Gasteiger charge is 2.08. The number of benzene rings is 2. The molecule has 0 radical (unpaired) electrons. The molecular formula is C16H14FN3O. The fourth-order valence-corrected chi connectivity index (χ4v) is 1.89. The molecule has 0 aliphatic heterocycles.